The Morgan fingerprint density at radius 3 is 2.88 bits per heavy atom. The molecule has 2 aromatic heterocycles. The van der Waals surface area contributed by atoms with Crippen molar-refractivity contribution in [3.8, 4) is 0 Å². The van der Waals surface area contributed by atoms with Gasteiger partial charge in [-0.15, -0.1) is 0 Å². The molecule has 0 spiro atoms. The number of fused-ring (bicyclic) bond motifs is 4. The summed E-state index contributed by atoms with van der Waals surface area (Å²) >= 11 is 0. The second-order valence-electron chi connectivity index (χ2n) is 6.75. The molecule has 1 unspecified atom stereocenters. The number of H-pyrrole nitrogens is 1. The normalized spacial score (nSPS) is 17.0. The summed E-state index contributed by atoms with van der Waals surface area (Å²) in [6.45, 7) is 0.546. The minimum atomic E-state index is 0.129. The van der Waals surface area contributed by atoms with Crippen LogP contribution in [0.4, 0.5) is 0 Å². The Labute approximate surface area is 146 Å². The molecule has 0 fully saturated rings. The van der Waals surface area contributed by atoms with Crippen molar-refractivity contribution in [1.82, 2.24) is 9.97 Å². The third-order valence-corrected chi connectivity index (χ3v) is 5.15. The van der Waals surface area contributed by atoms with Gasteiger partial charge < -0.3 is 9.72 Å². The van der Waals surface area contributed by atoms with Gasteiger partial charge in [-0.25, -0.2) is 0 Å². The maximum Gasteiger partial charge on any atom is 0.0981 e. The summed E-state index contributed by atoms with van der Waals surface area (Å²) in [7, 11) is 0. The van der Waals surface area contributed by atoms with Crippen molar-refractivity contribution >= 4 is 21.8 Å². The highest BCUT2D eigenvalue weighted by Gasteiger charge is 2.24. The number of benzene rings is 2. The molecular weight excluding hydrogens is 308 g/mol. The van der Waals surface area contributed by atoms with Crippen LogP contribution in [0.1, 0.15) is 35.9 Å². The molecule has 5 rings (SSSR count). The number of aryl methyl sites for hydroxylation is 1. The Kier molecular flexibility index (Phi) is 3.53. The van der Waals surface area contributed by atoms with E-state index in [1.54, 1.807) is 0 Å². The van der Waals surface area contributed by atoms with Gasteiger partial charge >= 0.3 is 0 Å². The summed E-state index contributed by atoms with van der Waals surface area (Å²) in [5.41, 5.74) is 5.92. The largest absolute Gasteiger partial charge is 0.366 e. The van der Waals surface area contributed by atoms with E-state index in [9.17, 15) is 0 Å². The smallest absolute Gasteiger partial charge is 0.0981 e. The van der Waals surface area contributed by atoms with Crippen LogP contribution in [0.25, 0.3) is 21.8 Å². The van der Waals surface area contributed by atoms with Crippen LogP contribution in [0.3, 0.4) is 0 Å². The van der Waals surface area contributed by atoms with E-state index in [-0.39, 0.29) is 6.10 Å². The van der Waals surface area contributed by atoms with E-state index < -0.39 is 0 Å². The van der Waals surface area contributed by atoms with Gasteiger partial charge in [0, 0.05) is 22.0 Å². The number of nitrogens with one attached hydrogen (secondary N) is 1. The van der Waals surface area contributed by atoms with Crippen molar-refractivity contribution in [2.45, 2.75) is 32.0 Å². The van der Waals surface area contributed by atoms with Gasteiger partial charge in [0.25, 0.3) is 0 Å². The van der Waals surface area contributed by atoms with E-state index in [1.807, 2.05) is 12.1 Å². The highest BCUT2D eigenvalue weighted by molar-refractivity contribution is 5.85. The van der Waals surface area contributed by atoms with E-state index in [0.717, 1.165) is 24.1 Å². The number of aromatic amines is 1. The Bertz CT molecular complexity index is 1050. The Hall–Kier alpha value is -2.65. The summed E-state index contributed by atoms with van der Waals surface area (Å²) in [6.07, 6.45) is 3.50. The van der Waals surface area contributed by atoms with Crippen molar-refractivity contribution < 1.29 is 4.74 Å². The van der Waals surface area contributed by atoms with Gasteiger partial charge in [0.1, 0.15) is 0 Å². The number of nitrogens with zero attached hydrogens (tertiary/aromatic N) is 1. The molecule has 1 atom stereocenters. The lowest BCUT2D eigenvalue weighted by Crippen LogP contribution is -2.12. The maximum absolute atomic E-state index is 6.28. The van der Waals surface area contributed by atoms with Crippen molar-refractivity contribution in [2.75, 3.05) is 0 Å². The zero-order valence-electron chi connectivity index (χ0n) is 14.0. The van der Waals surface area contributed by atoms with Crippen LogP contribution < -0.4 is 0 Å². The van der Waals surface area contributed by atoms with E-state index in [4.69, 9.17) is 9.72 Å². The zero-order chi connectivity index (χ0) is 16.6. The van der Waals surface area contributed by atoms with Gasteiger partial charge in [0.05, 0.1) is 23.9 Å². The lowest BCUT2D eigenvalue weighted by molar-refractivity contribution is 0.0243. The molecule has 25 heavy (non-hydrogen) atoms. The van der Waals surface area contributed by atoms with Gasteiger partial charge in [-0.1, -0.05) is 42.5 Å². The number of pyridine rings is 1. The molecule has 0 bridgehead atoms. The van der Waals surface area contributed by atoms with Gasteiger partial charge in [-0.3, -0.25) is 4.98 Å². The SMILES string of the molecule is c1ccc2nc(COC3CCCc4c3[nH]c3ccccc43)ccc2c1. The highest BCUT2D eigenvalue weighted by Crippen LogP contribution is 2.37. The van der Waals surface area contributed by atoms with E-state index in [2.05, 4.69) is 53.5 Å². The monoisotopic (exact) mass is 328 g/mol. The summed E-state index contributed by atoms with van der Waals surface area (Å²) in [5.74, 6) is 0. The summed E-state index contributed by atoms with van der Waals surface area (Å²) in [4.78, 5) is 8.31. The fraction of sp³-hybridized carbons (Fsp3) is 0.227. The van der Waals surface area contributed by atoms with E-state index in [0.29, 0.717) is 6.61 Å². The summed E-state index contributed by atoms with van der Waals surface area (Å²) < 4.78 is 6.28. The molecule has 1 N–H and O–H groups in total. The van der Waals surface area contributed by atoms with Gasteiger partial charge in [0.15, 0.2) is 0 Å². The van der Waals surface area contributed by atoms with Crippen LogP contribution in [0.5, 0.6) is 0 Å². The summed E-state index contributed by atoms with van der Waals surface area (Å²) in [6, 6.07) is 20.9. The van der Waals surface area contributed by atoms with Gasteiger partial charge in [-0.05, 0) is 43.0 Å². The molecule has 4 aromatic rings. The molecule has 0 amide bonds. The molecule has 0 aliphatic heterocycles. The minimum Gasteiger partial charge on any atom is -0.366 e. The van der Waals surface area contributed by atoms with E-state index in [1.165, 1.54) is 34.0 Å². The second-order valence-corrected chi connectivity index (χ2v) is 6.75. The molecule has 1 aliphatic rings. The predicted molar refractivity (Wildman–Crippen MR) is 101 cm³/mol. The maximum atomic E-state index is 6.28. The molecule has 3 heteroatoms. The fourth-order valence-electron chi connectivity index (χ4n) is 3.91. The van der Waals surface area contributed by atoms with Crippen LogP contribution in [0, 0.1) is 0 Å². The van der Waals surface area contributed by atoms with Gasteiger partial charge in [-0.2, -0.15) is 0 Å². The molecular formula is C22H20N2O. The Balaban J connectivity index is 1.41. The van der Waals surface area contributed by atoms with Crippen LogP contribution in [-0.2, 0) is 17.8 Å². The van der Waals surface area contributed by atoms with Crippen molar-refractivity contribution in [2.24, 2.45) is 0 Å². The van der Waals surface area contributed by atoms with E-state index >= 15 is 0 Å². The lowest BCUT2D eigenvalue weighted by Gasteiger charge is -2.23. The van der Waals surface area contributed by atoms with Crippen LogP contribution in [-0.4, -0.2) is 9.97 Å². The Morgan fingerprint density at radius 1 is 1.00 bits per heavy atom. The molecule has 2 heterocycles. The van der Waals surface area contributed by atoms with Crippen LogP contribution in [0.2, 0.25) is 0 Å². The molecule has 1 aliphatic carbocycles. The number of ether oxygens (including phenoxy) is 1. The Morgan fingerprint density at radius 2 is 1.88 bits per heavy atom. The molecule has 3 nitrogen and oxygen atoms in total. The number of para-hydroxylation sites is 2. The molecule has 124 valence electrons. The predicted octanol–water partition coefficient (Wildman–Crippen LogP) is 5.31. The lowest BCUT2D eigenvalue weighted by atomic mass is 9.93. The molecule has 2 aromatic carbocycles. The average molecular weight is 328 g/mol. The minimum absolute atomic E-state index is 0.129. The van der Waals surface area contributed by atoms with Crippen molar-refractivity contribution in [1.29, 1.82) is 0 Å². The third kappa shape index (κ3) is 2.61. The first-order chi connectivity index (χ1) is 12.4. The molecule has 0 radical (unpaired) electrons. The van der Waals surface area contributed by atoms with Crippen LogP contribution in [0.15, 0.2) is 60.7 Å². The number of hydrogen-bond donors (Lipinski definition) is 1. The highest BCUT2D eigenvalue weighted by atomic mass is 16.5. The van der Waals surface area contributed by atoms with Gasteiger partial charge in [0.2, 0.25) is 0 Å². The molecule has 0 saturated heterocycles. The average Bonchev–Trinajstić information content (AvgIpc) is 3.05. The van der Waals surface area contributed by atoms with Crippen molar-refractivity contribution in [3.05, 3.63) is 77.6 Å². The second kappa shape index (κ2) is 6.01. The number of aromatic nitrogens is 2. The van der Waals surface area contributed by atoms with Crippen LogP contribution >= 0.6 is 0 Å². The first-order valence-electron chi connectivity index (χ1n) is 8.94. The first-order valence-corrected chi connectivity index (χ1v) is 8.94. The topological polar surface area (TPSA) is 37.9 Å². The number of rotatable bonds is 3. The first kappa shape index (κ1) is 14.7. The third-order valence-electron chi connectivity index (χ3n) is 5.15. The standard InChI is InChI=1S/C22H20N2O/c1-3-9-19-15(6-1)12-13-16(23-19)14-25-21-11-5-8-18-17-7-2-4-10-20(17)24-22(18)21/h1-4,6-7,9-10,12-13,21,24H,5,8,11,14H2. The fourth-order valence-corrected chi connectivity index (χ4v) is 3.91. The zero-order valence-corrected chi connectivity index (χ0v) is 14.0. The quantitative estimate of drug-likeness (QED) is 0.553. The molecule has 0 saturated carbocycles. The summed E-state index contributed by atoms with van der Waals surface area (Å²) in [5, 5.41) is 2.51. The number of hydrogen-bond acceptors (Lipinski definition) is 2. The van der Waals surface area contributed by atoms with Crippen molar-refractivity contribution in [3.63, 3.8) is 0 Å².